The highest BCUT2D eigenvalue weighted by Crippen LogP contribution is 2.15. The van der Waals surface area contributed by atoms with Crippen molar-refractivity contribution in [1.82, 2.24) is 5.32 Å². The molecule has 0 spiro atoms. The van der Waals surface area contributed by atoms with Crippen molar-refractivity contribution >= 4 is 5.78 Å². The van der Waals surface area contributed by atoms with Crippen molar-refractivity contribution in [2.24, 2.45) is 0 Å². The zero-order chi connectivity index (χ0) is 21.6. The van der Waals surface area contributed by atoms with E-state index in [1.165, 1.54) is 18.4 Å². The van der Waals surface area contributed by atoms with Crippen LogP contribution in [0.15, 0.2) is 54.6 Å². The molecule has 0 aliphatic heterocycles. The average molecular weight is 412 g/mol. The zero-order valence-corrected chi connectivity index (χ0v) is 18.5. The molecule has 2 rings (SSSR count). The molecular formula is C26H37NO3. The Morgan fingerprint density at radius 3 is 2.30 bits per heavy atom. The number of hydrogen-bond donors (Lipinski definition) is 2. The zero-order valence-electron chi connectivity index (χ0n) is 18.5. The van der Waals surface area contributed by atoms with Crippen LogP contribution >= 0.6 is 0 Å². The first kappa shape index (κ1) is 24.3. The smallest absolute Gasteiger partial charge is 0.191 e. The highest BCUT2D eigenvalue weighted by atomic mass is 16.5. The predicted molar refractivity (Wildman–Crippen MR) is 123 cm³/mol. The lowest BCUT2D eigenvalue weighted by atomic mass is 9.98. The van der Waals surface area contributed by atoms with Crippen molar-refractivity contribution < 1.29 is 14.6 Å². The minimum absolute atomic E-state index is 0.0446. The number of ether oxygens (including phenoxy) is 1. The average Bonchev–Trinajstić information content (AvgIpc) is 2.79. The maximum Gasteiger partial charge on any atom is 0.191 e. The monoisotopic (exact) mass is 411 g/mol. The number of nitrogens with one attached hydrogen (secondary N) is 1. The summed E-state index contributed by atoms with van der Waals surface area (Å²) in [5.74, 6) is -0.0446. The number of aliphatic hydroxyl groups is 1. The number of benzene rings is 2. The molecule has 164 valence electrons. The fourth-order valence-electron chi connectivity index (χ4n) is 3.31. The Balaban J connectivity index is 1.99. The molecule has 0 heterocycles. The van der Waals surface area contributed by atoms with Crippen molar-refractivity contribution in [3.63, 3.8) is 0 Å². The lowest BCUT2D eigenvalue weighted by Crippen LogP contribution is -2.35. The second-order valence-corrected chi connectivity index (χ2v) is 7.89. The molecule has 2 aromatic carbocycles. The van der Waals surface area contributed by atoms with Gasteiger partial charge in [0.1, 0.15) is 6.10 Å². The summed E-state index contributed by atoms with van der Waals surface area (Å²) < 4.78 is 5.94. The molecule has 0 aliphatic carbocycles. The molecule has 0 fully saturated rings. The van der Waals surface area contributed by atoms with E-state index >= 15 is 0 Å². The molecule has 0 aliphatic rings. The van der Waals surface area contributed by atoms with Crippen LogP contribution in [0.25, 0.3) is 0 Å². The van der Waals surface area contributed by atoms with Crippen LogP contribution in [0.4, 0.5) is 0 Å². The first-order valence-electron chi connectivity index (χ1n) is 11.3. The molecule has 0 saturated carbocycles. The fraction of sp³-hybridized carbons (Fsp3) is 0.500. The largest absolute Gasteiger partial charge is 0.389 e. The van der Waals surface area contributed by atoms with Crippen molar-refractivity contribution in [3.8, 4) is 0 Å². The number of carbonyl (C=O) groups excluding carboxylic acids is 1. The van der Waals surface area contributed by atoms with Crippen molar-refractivity contribution in [2.45, 2.75) is 64.6 Å². The summed E-state index contributed by atoms with van der Waals surface area (Å²) in [6.45, 7) is 5.82. The summed E-state index contributed by atoms with van der Waals surface area (Å²) in [6, 6.07) is 17.7. The van der Waals surface area contributed by atoms with Gasteiger partial charge in [0.2, 0.25) is 0 Å². The van der Waals surface area contributed by atoms with E-state index in [1.54, 1.807) is 0 Å². The van der Waals surface area contributed by atoms with Gasteiger partial charge in [-0.3, -0.25) is 4.79 Å². The summed E-state index contributed by atoms with van der Waals surface area (Å²) >= 11 is 0. The Morgan fingerprint density at radius 2 is 1.63 bits per heavy atom. The molecule has 2 unspecified atom stereocenters. The highest BCUT2D eigenvalue weighted by Gasteiger charge is 2.22. The van der Waals surface area contributed by atoms with E-state index < -0.39 is 12.2 Å². The van der Waals surface area contributed by atoms with Crippen molar-refractivity contribution in [2.75, 3.05) is 19.7 Å². The van der Waals surface area contributed by atoms with E-state index in [-0.39, 0.29) is 12.4 Å². The number of aryl methyl sites for hydroxylation is 1. The Bertz CT molecular complexity index is 715. The number of aliphatic hydroxyl groups excluding tert-OH is 1. The van der Waals surface area contributed by atoms with Crippen LogP contribution in [0.2, 0.25) is 0 Å². The van der Waals surface area contributed by atoms with Crippen molar-refractivity contribution in [1.29, 1.82) is 0 Å². The molecule has 0 saturated heterocycles. The number of rotatable bonds is 15. The van der Waals surface area contributed by atoms with Crippen LogP contribution < -0.4 is 5.32 Å². The molecule has 0 bridgehead atoms. The van der Waals surface area contributed by atoms with Crippen LogP contribution in [0.5, 0.6) is 0 Å². The van der Waals surface area contributed by atoms with Crippen LogP contribution in [-0.4, -0.2) is 42.8 Å². The van der Waals surface area contributed by atoms with E-state index in [0.29, 0.717) is 18.5 Å². The fourth-order valence-corrected chi connectivity index (χ4v) is 3.31. The Hall–Kier alpha value is -2.01. The van der Waals surface area contributed by atoms with Gasteiger partial charge < -0.3 is 15.2 Å². The lowest BCUT2D eigenvalue weighted by Gasteiger charge is -2.20. The van der Waals surface area contributed by atoms with E-state index in [4.69, 9.17) is 4.74 Å². The van der Waals surface area contributed by atoms with E-state index in [9.17, 15) is 9.90 Å². The van der Waals surface area contributed by atoms with Gasteiger partial charge in [0.05, 0.1) is 12.7 Å². The van der Waals surface area contributed by atoms with Crippen LogP contribution in [-0.2, 0) is 17.6 Å². The second kappa shape index (κ2) is 14.1. The minimum atomic E-state index is -0.635. The van der Waals surface area contributed by atoms with Gasteiger partial charge in [-0.25, -0.2) is 0 Å². The van der Waals surface area contributed by atoms with Crippen LogP contribution in [0.1, 0.15) is 61.0 Å². The summed E-state index contributed by atoms with van der Waals surface area (Å²) in [4.78, 5) is 13.0. The lowest BCUT2D eigenvalue weighted by molar-refractivity contribution is -0.00165. The van der Waals surface area contributed by atoms with Crippen LogP contribution in [0.3, 0.4) is 0 Å². The number of carbonyl (C=O) groups is 1. The van der Waals surface area contributed by atoms with Gasteiger partial charge in [-0.15, -0.1) is 0 Å². The first-order valence-corrected chi connectivity index (χ1v) is 11.3. The van der Waals surface area contributed by atoms with Gasteiger partial charge in [-0.2, -0.15) is 0 Å². The molecule has 0 radical (unpaired) electrons. The topological polar surface area (TPSA) is 58.6 Å². The first-order chi connectivity index (χ1) is 14.6. The van der Waals surface area contributed by atoms with Gasteiger partial charge in [0.15, 0.2) is 5.78 Å². The molecule has 2 atom stereocenters. The van der Waals surface area contributed by atoms with E-state index in [2.05, 4.69) is 43.4 Å². The molecule has 4 nitrogen and oxygen atoms in total. The third-order valence-electron chi connectivity index (χ3n) is 5.19. The van der Waals surface area contributed by atoms with E-state index in [0.717, 1.165) is 31.4 Å². The van der Waals surface area contributed by atoms with Crippen LogP contribution in [0, 0.1) is 0 Å². The van der Waals surface area contributed by atoms with Crippen molar-refractivity contribution in [3.05, 3.63) is 71.3 Å². The quantitative estimate of drug-likeness (QED) is 0.332. The molecular weight excluding hydrogens is 374 g/mol. The number of ketones is 1. The number of unbranched alkanes of at least 4 members (excludes halogenated alkanes) is 2. The Labute approximate surface area is 181 Å². The maximum absolute atomic E-state index is 13.0. The third-order valence-corrected chi connectivity index (χ3v) is 5.19. The van der Waals surface area contributed by atoms with Gasteiger partial charge in [-0.05, 0) is 36.9 Å². The molecule has 30 heavy (non-hydrogen) atoms. The summed E-state index contributed by atoms with van der Waals surface area (Å²) in [7, 11) is 0. The number of Topliss-reactive ketones (excluding diaryl/α,β-unsaturated/α-hetero) is 1. The van der Waals surface area contributed by atoms with E-state index in [1.807, 2.05) is 30.3 Å². The predicted octanol–water partition coefficient (Wildman–Crippen LogP) is 4.59. The molecule has 2 N–H and O–H groups in total. The van der Waals surface area contributed by atoms with Gasteiger partial charge in [0.25, 0.3) is 0 Å². The molecule has 2 aromatic rings. The summed E-state index contributed by atoms with van der Waals surface area (Å²) in [6.07, 6.45) is 4.89. The van der Waals surface area contributed by atoms with Gasteiger partial charge in [-0.1, -0.05) is 81.3 Å². The number of hydrogen-bond acceptors (Lipinski definition) is 4. The SMILES string of the molecule is CCCCNCC(O)COC(Cc1ccc(CCCC)cc1)C(=O)c1ccccc1. The summed E-state index contributed by atoms with van der Waals surface area (Å²) in [5.41, 5.74) is 3.03. The Morgan fingerprint density at radius 1 is 0.967 bits per heavy atom. The highest BCUT2D eigenvalue weighted by molar-refractivity contribution is 5.99. The normalized spacial score (nSPS) is 13.2. The molecule has 0 aromatic heterocycles. The Kier molecular flexibility index (Phi) is 11.4. The second-order valence-electron chi connectivity index (χ2n) is 7.89. The minimum Gasteiger partial charge on any atom is -0.389 e. The van der Waals surface area contributed by atoms with Gasteiger partial charge in [0, 0.05) is 18.5 Å². The standard InChI is InChI=1S/C26H37NO3/c1-3-5-10-21-13-15-22(16-14-21)18-25(26(29)23-11-8-7-9-12-23)30-20-24(28)19-27-17-6-4-2/h7-9,11-16,24-25,27-28H,3-6,10,17-20H2,1-2H3. The maximum atomic E-state index is 13.0. The molecule has 4 heteroatoms. The van der Waals surface area contributed by atoms with Gasteiger partial charge >= 0.3 is 0 Å². The molecule has 0 amide bonds. The third kappa shape index (κ3) is 8.78. The summed E-state index contributed by atoms with van der Waals surface area (Å²) in [5, 5.41) is 13.5.